The lowest BCUT2D eigenvalue weighted by molar-refractivity contribution is -0.113. The van der Waals surface area contributed by atoms with Crippen molar-refractivity contribution in [2.75, 3.05) is 11.1 Å². The van der Waals surface area contributed by atoms with Crippen LogP contribution in [0.15, 0.2) is 60.3 Å². The van der Waals surface area contributed by atoms with Gasteiger partial charge in [-0.25, -0.2) is 4.39 Å². The normalized spacial score (nSPS) is 11.8. The van der Waals surface area contributed by atoms with Gasteiger partial charge in [0.25, 0.3) is 5.91 Å². The second-order valence-electron chi connectivity index (χ2n) is 8.34. The topological polar surface area (TPSA) is 88.9 Å². The SMILES string of the molecule is C=CCn1c(SCC(=O)Nc2ccccc2F)nnc1[C@H](CC(C)C)NC(=O)c1ccc(Cl)cc1Cl. The van der Waals surface area contributed by atoms with E-state index in [1.165, 1.54) is 18.2 Å². The van der Waals surface area contributed by atoms with Crippen LogP contribution in [-0.2, 0) is 11.3 Å². The van der Waals surface area contributed by atoms with Gasteiger partial charge in [-0.3, -0.25) is 9.59 Å². The van der Waals surface area contributed by atoms with Crippen molar-refractivity contribution in [2.45, 2.75) is 38.0 Å². The zero-order valence-corrected chi connectivity index (χ0v) is 22.1. The maximum atomic E-state index is 13.8. The van der Waals surface area contributed by atoms with Crippen LogP contribution in [0.2, 0.25) is 10.0 Å². The molecule has 190 valence electrons. The summed E-state index contributed by atoms with van der Waals surface area (Å²) in [5.74, 6) is -0.517. The fraction of sp³-hybridized carbons (Fsp3) is 0.280. The Balaban J connectivity index is 1.79. The molecule has 7 nitrogen and oxygen atoms in total. The fourth-order valence-electron chi connectivity index (χ4n) is 3.45. The highest BCUT2D eigenvalue weighted by molar-refractivity contribution is 7.99. The van der Waals surface area contributed by atoms with Crippen LogP contribution in [0.1, 0.15) is 42.5 Å². The summed E-state index contributed by atoms with van der Waals surface area (Å²) in [4.78, 5) is 25.4. The molecule has 1 heterocycles. The number of carbonyl (C=O) groups excluding carboxylic acids is 2. The van der Waals surface area contributed by atoms with Crippen LogP contribution in [-0.4, -0.2) is 32.3 Å². The number of amides is 2. The molecule has 2 N–H and O–H groups in total. The monoisotopic (exact) mass is 549 g/mol. The molecule has 0 spiro atoms. The van der Waals surface area contributed by atoms with Gasteiger partial charge in [0.1, 0.15) is 5.82 Å². The van der Waals surface area contributed by atoms with Crippen LogP contribution in [0, 0.1) is 11.7 Å². The number of para-hydroxylation sites is 1. The lowest BCUT2D eigenvalue weighted by Gasteiger charge is -2.21. The molecule has 11 heteroatoms. The van der Waals surface area contributed by atoms with Crippen molar-refractivity contribution in [3.8, 4) is 0 Å². The summed E-state index contributed by atoms with van der Waals surface area (Å²) < 4.78 is 15.6. The molecule has 0 unspecified atom stereocenters. The molecule has 3 aromatic rings. The molecule has 0 fully saturated rings. The number of benzene rings is 2. The summed E-state index contributed by atoms with van der Waals surface area (Å²) in [6.07, 6.45) is 2.27. The van der Waals surface area contributed by atoms with Gasteiger partial charge >= 0.3 is 0 Å². The molecule has 0 radical (unpaired) electrons. The van der Waals surface area contributed by atoms with Crippen molar-refractivity contribution in [1.29, 1.82) is 0 Å². The molecule has 2 aromatic carbocycles. The van der Waals surface area contributed by atoms with E-state index in [4.69, 9.17) is 23.2 Å². The van der Waals surface area contributed by atoms with Gasteiger partial charge in [0, 0.05) is 11.6 Å². The van der Waals surface area contributed by atoms with Crippen LogP contribution >= 0.6 is 35.0 Å². The molecule has 1 atom stereocenters. The lowest BCUT2D eigenvalue weighted by atomic mass is 10.0. The molecule has 0 aliphatic carbocycles. The largest absolute Gasteiger partial charge is 0.342 e. The first-order chi connectivity index (χ1) is 17.2. The minimum absolute atomic E-state index is 0.00873. The summed E-state index contributed by atoms with van der Waals surface area (Å²) in [5.41, 5.74) is 0.404. The minimum atomic E-state index is -0.513. The van der Waals surface area contributed by atoms with Gasteiger partial charge in [0.2, 0.25) is 5.91 Å². The Morgan fingerprint density at radius 3 is 2.61 bits per heavy atom. The van der Waals surface area contributed by atoms with E-state index in [1.54, 1.807) is 34.9 Å². The van der Waals surface area contributed by atoms with Gasteiger partial charge in [0.05, 0.1) is 28.1 Å². The number of hydrogen-bond acceptors (Lipinski definition) is 5. The molecular formula is C25H26Cl2FN5O2S. The highest BCUT2D eigenvalue weighted by Crippen LogP contribution is 2.27. The number of aromatic nitrogens is 3. The van der Waals surface area contributed by atoms with Gasteiger partial charge in [-0.1, -0.05) is 67.0 Å². The molecule has 36 heavy (non-hydrogen) atoms. The summed E-state index contributed by atoms with van der Waals surface area (Å²) in [7, 11) is 0. The first-order valence-electron chi connectivity index (χ1n) is 11.2. The summed E-state index contributed by atoms with van der Waals surface area (Å²) in [5, 5.41) is 15.3. The Morgan fingerprint density at radius 2 is 1.94 bits per heavy atom. The number of hydrogen-bond donors (Lipinski definition) is 2. The third-order valence-electron chi connectivity index (χ3n) is 5.04. The molecule has 0 bridgehead atoms. The maximum Gasteiger partial charge on any atom is 0.253 e. The van der Waals surface area contributed by atoms with Gasteiger partial charge in [-0.2, -0.15) is 0 Å². The Labute approximate surface area is 223 Å². The zero-order chi connectivity index (χ0) is 26.2. The molecule has 0 aliphatic heterocycles. The van der Waals surface area contributed by atoms with E-state index < -0.39 is 11.9 Å². The van der Waals surface area contributed by atoms with Gasteiger partial charge in [-0.05, 0) is 42.7 Å². The summed E-state index contributed by atoms with van der Waals surface area (Å²) in [6, 6.07) is 10.1. The van der Waals surface area contributed by atoms with E-state index in [2.05, 4.69) is 27.4 Å². The summed E-state index contributed by atoms with van der Waals surface area (Å²) >= 11 is 13.3. The number of nitrogens with zero attached hydrogens (tertiary/aromatic N) is 3. The highest BCUT2D eigenvalue weighted by atomic mass is 35.5. The third-order valence-corrected chi connectivity index (χ3v) is 6.55. The second kappa shape index (κ2) is 12.9. The predicted molar refractivity (Wildman–Crippen MR) is 142 cm³/mol. The molecular weight excluding hydrogens is 524 g/mol. The molecule has 0 saturated carbocycles. The zero-order valence-electron chi connectivity index (χ0n) is 19.8. The van der Waals surface area contributed by atoms with Gasteiger partial charge < -0.3 is 15.2 Å². The molecule has 3 rings (SSSR count). The van der Waals surface area contributed by atoms with E-state index in [-0.39, 0.29) is 34.2 Å². The van der Waals surface area contributed by atoms with E-state index in [0.29, 0.717) is 34.5 Å². The first kappa shape index (κ1) is 27.7. The van der Waals surface area contributed by atoms with Crippen molar-refractivity contribution in [3.63, 3.8) is 0 Å². The maximum absolute atomic E-state index is 13.8. The smallest absolute Gasteiger partial charge is 0.253 e. The lowest BCUT2D eigenvalue weighted by Crippen LogP contribution is -2.32. The van der Waals surface area contributed by atoms with E-state index in [1.807, 2.05) is 13.8 Å². The average molecular weight is 550 g/mol. The number of halogens is 3. The number of rotatable bonds is 11. The Kier molecular flexibility index (Phi) is 9.92. The third kappa shape index (κ3) is 7.32. The minimum Gasteiger partial charge on any atom is -0.342 e. The van der Waals surface area contributed by atoms with Crippen molar-refractivity contribution in [3.05, 3.63) is 82.4 Å². The van der Waals surface area contributed by atoms with Gasteiger partial charge in [-0.15, -0.1) is 16.8 Å². The Morgan fingerprint density at radius 1 is 1.19 bits per heavy atom. The first-order valence-corrected chi connectivity index (χ1v) is 12.9. The number of nitrogens with one attached hydrogen (secondary N) is 2. The number of thioether (sulfide) groups is 1. The Bertz CT molecular complexity index is 1250. The number of carbonyl (C=O) groups is 2. The van der Waals surface area contributed by atoms with Crippen LogP contribution in [0.5, 0.6) is 0 Å². The van der Waals surface area contributed by atoms with Crippen LogP contribution in [0.25, 0.3) is 0 Å². The van der Waals surface area contributed by atoms with Crippen LogP contribution in [0.4, 0.5) is 10.1 Å². The van der Waals surface area contributed by atoms with E-state index >= 15 is 0 Å². The molecule has 0 aliphatic rings. The standard InChI is InChI=1S/C25H26Cl2FN5O2S/c1-4-11-33-23(21(12-15(2)3)30-24(35)17-10-9-16(26)13-18(17)27)31-32-25(33)36-14-22(34)29-20-8-6-5-7-19(20)28/h4-10,13,15,21H,1,11-12,14H2,2-3H3,(H,29,34)(H,30,35)/t21-/m0/s1. The number of anilines is 1. The Hall–Kier alpha value is -2.88. The van der Waals surface area contributed by atoms with Crippen molar-refractivity contribution in [2.24, 2.45) is 5.92 Å². The van der Waals surface area contributed by atoms with Crippen molar-refractivity contribution < 1.29 is 14.0 Å². The highest BCUT2D eigenvalue weighted by Gasteiger charge is 2.25. The quantitative estimate of drug-likeness (QED) is 0.221. The van der Waals surface area contributed by atoms with Crippen LogP contribution in [0.3, 0.4) is 0 Å². The number of allylic oxidation sites excluding steroid dienone is 1. The predicted octanol–water partition coefficient (Wildman–Crippen LogP) is 6.16. The fourth-order valence-corrected chi connectivity index (χ4v) is 4.70. The molecule has 0 saturated heterocycles. The molecule has 2 amide bonds. The van der Waals surface area contributed by atoms with Crippen molar-refractivity contribution in [1.82, 2.24) is 20.1 Å². The van der Waals surface area contributed by atoms with Crippen LogP contribution < -0.4 is 10.6 Å². The van der Waals surface area contributed by atoms with Crippen molar-refractivity contribution >= 4 is 52.5 Å². The second-order valence-corrected chi connectivity index (χ2v) is 10.1. The molecule has 1 aromatic heterocycles. The van der Waals surface area contributed by atoms with Gasteiger partial charge in [0.15, 0.2) is 11.0 Å². The van der Waals surface area contributed by atoms with E-state index in [0.717, 1.165) is 11.8 Å². The van der Waals surface area contributed by atoms with E-state index in [9.17, 15) is 14.0 Å². The average Bonchev–Trinajstić information content (AvgIpc) is 3.21. The summed E-state index contributed by atoms with van der Waals surface area (Å²) in [6.45, 7) is 8.24.